The van der Waals surface area contributed by atoms with Crippen molar-refractivity contribution in [3.05, 3.63) is 18.0 Å². The van der Waals surface area contributed by atoms with Gasteiger partial charge in [-0.25, -0.2) is 13.2 Å². The van der Waals surface area contributed by atoms with Gasteiger partial charge in [0.15, 0.2) is 0 Å². The number of halogens is 3. The number of nitrogens with zero attached hydrogens (tertiary/aromatic N) is 4. The number of alkyl halides is 3. The highest BCUT2D eigenvalue weighted by atomic mass is 32.2. The zero-order valence-electron chi connectivity index (χ0n) is 15.9. The molecule has 2 aliphatic rings. The number of aromatic nitrogens is 2. The molecular weight excluding hydrogens is 401 g/mol. The average Bonchev–Trinajstić information content (AvgIpc) is 3.22. The van der Waals surface area contributed by atoms with E-state index < -0.39 is 22.2 Å². The topological polar surface area (TPSA) is 95.7 Å². The summed E-state index contributed by atoms with van der Waals surface area (Å²) >= 11 is 0. The fraction of sp³-hybridized carbons (Fsp3) is 0.750. The van der Waals surface area contributed by atoms with Crippen molar-refractivity contribution >= 4 is 16.0 Å². The highest BCUT2D eigenvalue weighted by Gasteiger charge is 2.48. The number of rotatable bonds is 5. The van der Waals surface area contributed by atoms with E-state index in [0.29, 0.717) is 6.54 Å². The van der Waals surface area contributed by atoms with Crippen molar-refractivity contribution in [1.29, 1.82) is 0 Å². The Morgan fingerprint density at radius 3 is 2.29 bits per heavy atom. The molecule has 3 rings (SSSR count). The van der Waals surface area contributed by atoms with Crippen LogP contribution in [0.1, 0.15) is 24.8 Å². The molecule has 0 aromatic carbocycles. The van der Waals surface area contributed by atoms with E-state index in [4.69, 9.17) is 9.90 Å². The van der Waals surface area contributed by atoms with Crippen molar-refractivity contribution < 1.29 is 31.5 Å². The lowest BCUT2D eigenvalue weighted by Gasteiger charge is -2.30. The van der Waals surface area contributed by atoms with E-state index >= 15 is 0 Å². The van der Waals surface area contributed by atoms with Crippen LogP contribution in [0.25, 0.3) is 0 Å². The van der Waals surface area contributed by atoms with Crippen molar-refractivity contribution in [2.75, 3.05) is 20.6 Å². The zero-order chi connectivity index (χ0) is 21.3. The molecule has 160 valence electrons. The minimum Gasteiger partial charge on any atom is -0.475 e. The zero-order valence-corrected chi connectivity index (χ0v) is 16.7. The highest BCUT2D eigenvalue weighted by Crippen LogP contribution is 2.36. The number of carboxylic acid groups (broad SMARTS) is 1. The molecule has 1 aromatic heterocycles. The first-order valence-electron chi connectivity index (χ1n) is 8.78. The van der Waals surface area contributed by atoms with E-state index in [1.54, 1.807) is 8.99 Å². The van der Waals surface area contributed by atoms with Crippen LogP contribution >= 0.6 is 0 Å². The fourth-order valence-corrected chi connectivity index (χ4v) is 5.41. The van der Waals surface area contributed by atoms with Gasteiger partial charge in [0.1, 0.15) is 0 Å². The van der Waals surface area contributed by atoms with Crippen LogP contribution in [0.4, 0.5) is 13.2 Å². The molecule has 1 N–H and O–H groups in total. The number of carboxylic acids is 1. The smallest absolute Gasteiger partial charge is 0.475 e. The minimum atomic E-state index is -5.08. The van der Waals surface area contributed by atoms with Gasteiger partial charge < -0.3 is 10.0 Å². The standard InChI is InChI=1S/C14H24N4O2S.C2HF3O2/c1-16(2)13-6-7-18(21(19,20)12-4-5-12)14(13)8-11-9-15-17(3)10-11;3-2(4,5)1(6)7/h9-10,12-14H,4-8H2,1-3H3;(H,6,7)/t13-,14+;/m1./s1. The second-order valence-corrected chi connectivity index (χ2v) is 9.44. The maximum atomic E-state index is 12.7. The normalized spacial score (nSPS) is 23.5. The number of aryl methyl sites for hydroxylation is 1. The van der Waals surface area contributed by atoms with Crippen LogP contribution in [0.2, 0.25) is 0 Å². The summed E-state index contributed by atoms with van der Waals surface area (Å²) in [6, 6.07) is 0.300. The average molecular weight is 426 g/mol. The van der Waals surface area contributed by atoms with E-state index in [1.165, 1.54) is 0 Å². The number of hydrogen-bond donors (Lipinski definition) is 1. The summed E-state index contributed by atoms with van der Waals surface area (Å²) in [5.41, 5.74) is 1.10. The number of aliphatic carboxylic acids is 1. The lowest BCUT2D eigenvalue weighted by Crippen LogP contribution is -2.46. The van der Waals surface area contributed by atoms with Crippen molar-refractivity contribution in [3.8, 4) is 0 Å². The van der Waals surface area contributed by atoms with Crippen molar-refractivity contribution in [3.63, 3.8) is 0 Å². The number of carbonyl (C=O) groups is 1. The Labute approximate surface area is 162 Å². The van der Waals surface area contributed by atoms with Crippen molar-refractivity contribution in [2.24, 2.45) is 7.05 Å². The Hall–Kier alpha value is -1.66. The lowest BCUT2D eigenvalue weighted by molar-refractivity contribution is -0.192. The van der Waals surface area contributed by atoms with Crippen LogP contribution in [0, 0.1) is 0 Å². The van der Waals surface area contributed by atoms with Gasteiger partial charge in [-0.2, -0.15) is 22.6 Å². The fourth-order valence-electron chi connectivity index (χ4n) is 3.34. The van der Waals surface area contributed by atoms with Gasteiger partial charge in [0.05, 0.1) is 11.4 Å². The Kier molecular flexibility index (Phi) is 6.77. The summed E-state index contributed by atoms with van der Waals surface area (Å²) < 4.78 is 60.6. The predicted octanol–water partition coefficient (Wildman–Crippen LogP) is 1.09. The summed E-state index contributed by atoms with van der Waals surface area (Å²) in [6.45, 7) is 0.645. The summed E-state index contributed by atoms with van der Waals surface area (Å²) in [7, 11) is 2.85. The molecule has 2 fully saturated rings. The minimum absolute atomic E-state index is 0.0230. The molecule has 1 saturated heterocycles. The van der Waals surface area contributed by atoms with Gasteiger partial charge in [0.25, 0.3) is 0 Å². The molecule has 1 aliphatic heterocycles. The SMILES string of the molecule is CN(C)[C@@H]1CCN(S(=O)(=O)C2CC2)[C@H]1Cc1cnn(C)c1.O=C(O)C(F)(F)F. The molecule has 2 heterocycles. The predicted molar refractivity (Wildman–Crippen MR) is 95.1 cm³/mol. The van der Waals surface area contributed by atoms with Gasteiger partial charge in [-0.3, -0.25) is 4.68 Å². The first-order valence-corrected chi connectivity index (χ1v) is 10.3. The Morgan fingerprint density at radius 2 is 1.89 bits per heavy atom. The van der Waals surface area contributed by atoms with Gasteiger partial charge in [0, 0.05) is 31.9 Å². The Morgan fingerprint density at radius 1 is 1.32 bits per heavy atom. The monoisotopic (exact) mass is 426 g/mol. The van der Waals surface area contributed by atoms with E-state index in [2.05, 4.69) is 10.00 Å². The van der Waals surface area contributed by atoms with Crippen LogP contribution in [-0.4, -0.2) is 82.6 Å². The summed E-state index contributed by atoms with van der Waals surface area (Å²) in [6.07, 6.45) is 2.03. The van der Waals surface area contributed by atoms with Gasteiger partial charge in [-0.1, -0.05) is 0 Å². The molecule has 0 unspecified atom stereocenters. The van der Waals surface area contributed by atoms with Crippen LogP contribution in [-0.2, 0) is 28.3 Å². The molecule has 1 aliphatic carbocycles. The molecule has 0 bridgehead atoms. The summed E-state index contributed by atoms with van der Waals surface area (Å²) in [4.78, 5) is 11.1. The second-order valence-electron chi connectivity index (χ2n) is 7.27. The maximum absolute atomic E-state index is 12.7. The third kappa shape index (κ3) is 5.45. The molecule has 1 aromatic rings. The molecule has 8 nitrogen and oxygen atoms in total. The van der Waals surface area contributed by atoms with E-state index in [9.17, 15) is 21.6 Å². The summed E-state index contributed by atoms with van der Waals surface area (Å²) in [5, 5.41) is 11.2. The van der Waals surface area contributed by atoms with Gasteiger partial charge in [-0.15, -0.1) is 0 Å². The molecule has 1 saturated carbocycles. The van der Waals surface area contributed by atoms with Gasteiger partial charge >= 0.3 is 12.1 Å². The van der Waals surface area contributed by atoms with Gasteiger partial charge in [-0.05, 0) is 45.3 Å². The van der Waals surface area contributed by atoms with Gasteiger partial charge in [0.2, 0.25) is 10.0 Å². The van der Waals surface area contributed by atoms with Crippen LogP contribution in [0.3, 0.4) is 0 Å². The Bertz CT molecular complexity index is 790. The Balaban J connectivity index is 0.000000345. The highest BCUT2D eigenvalue weighted by molar-refractivity contribution is 7.90. The molecule has 0 spiro atoms. The molecule has 0 amide bonds. The third-order valence-electron chi connectivity index (χ3n) is 4.84. The maximum Gasteiger partial charge on any atom is 0.490 e. The quantitative estimate of drug-likeness (QED) is 0.758. The number of sulfonamides is 1. The molecule has 28 heavy (non-hydrogen) atoms. The van der Waals surface area contributed by atoms with Crippen molar-refractivity contribution in [2.45, 2.75) is 49.2 Å². The number of likely N-dealkylation sites (N-methyl/N-ethyl adjacent to an activating group) is 1. The third-order valence-corrected chi connectivity index (χ3v) is 7.26. The van der Waals surface area contributed by atoms with Crippen LogP contribution in [0.5, 0.6) is 0 Å². The lowest BCUT2D eigenvalue weighted by atomic mass is 10.0. The first-order chi connectivity index (χ1) is 12.8. The number of hydrogen-bond acceptors (Lipinski definition) is 5. The van der Waals surface area contributed by atoms with Crippen LogP contribution in [0.15, 0.2) is 12.4 Å². The molecule has 12 heteroatoms. The summed E-state index contributed by atoms with van der Waals surface area (Å²) in [5.74, 6) is -2.76. The molecular formula is C16H25F3N4O4S. The van der Waals surface area contributed by atoms with Crippen LogP contribution < -0.4 is 0 Å². The molecule has 0 radical (unpaired) electrons. The van der Waals surface area contributed by atoms with E-state index in [1.807, 2.05) is 33.5 Å². The van der Waals surface area contributed by atoms with E-state index in [0.717, 1.165) is 31.2 Å². The van der Waals surface area contributed by atoms with Crippen molar-refractivity contribution in [1.82, 2.24) is 19.0 Å². The van der Waals surface area contributed by atoms with E-state index in [-0.39, 0.29) is 17.3 Å². The first kappa shape index (κ1) is 22.6. The molecule has 2 atom stereocenters. The largest absolute Gasteiger partial charge is 0.490 e. The second kappa shape index (κ2) is 8.37.